The van der Waals surface area contributed by atoms with Gasteiger partial charge >= 0.3 is 0 Å². The Hall–Kier alpha value is 2.89. The van der Waals surface area contributed by atoms with E-state index in [2.05, 4.69) is 0 Å². The second-order valence-electron chi connectivity index (χ2n) is 0. The molecule has 6 heteroatoms. The van der Waals surface area contributed by atoms with Gasteiger partial charge in [-0.25, -0.2) is 0 Å². The summed E-state index contributed by atoms with van der Waals surface area (Å²) in [6.45, 7) is 0. The minimum Gasteiger partial charge on any atom is -0.412 e. The van der Waals surface area contributed by atoms with E-state index in [9.17, 15) is 0 Å². The molecule has 6 heavy (non-hydrogen) atoms. The molecule has 0 amide bonds. The molecule has 6 radical (unpaired) electrons. The molecule has 0 aliphatic rings. The molecule has 0 aromatic carbocycles. The van der Waals surface area contributed by atoms with Crippen LogP contribution in [-0.2, 0) is 43.4 Å². The number of rotatable bonds is 0. The molecular weight excluding hydrogens is 404 g/mol. The van der Waals surface area contributed by atoms with E-state index in [1.54, 1.807) is 0 Å². The summed E-state index contributed by atoms with van der Waals surface area (Å²) in [4.78, 5) is 0. The third-order valence-corrected chi connectivity index (χ3v) is 0. The zero-order valence-corrected chi connectivity index (χ0v) is 12.6. The maximum Gasteiger partial charge on any atom is 0 e. The second-order valence-corrected chi connectivity index (χ2v) is 0. The molecule has 0 rings (SSSR count). The summed E-state index contributed by atoms with van der Waals surface area (Å²) in [6.07, 6.45) is 0. The van der Waals surface area contributed by atoms with E-state index < -0.39 is 0 Å². The third kappa shape index (κ3) is 28.6. The minimum atomic E-state index is 0. The molecule has 0 bridgehead atoms. The molecule has 0 saturated heterocycles. The smallest absolute Gasteiger partial charge is 0 e. The van der Waals surface area contributed by atoms with E-state index in [4.69, 9.17) is 0 Å². The SMILES string of the molecule is O.O.[Ge].[Na].[Nb].[W]. The van der Waals surface area contributed by atoms with Gasteiger partial charge in [0.05, 0.1) is 0 Å². The van der Waals surface area contributed by atoms with Crippen LogP contribution in [0.3, 0.4) is 0 Å². The molecule has 0 aromatic heterocycles. The molecule has 2 nitrogen and oxygen atoms in total. The molecule has 0 saturated carbocycles. The maximum absolute atomic E-state index is 0. The molecule has 4 N–H and O–H groups in total. The van der Waals surface area contributed by atoms with Crippen molar-refractivity contribution in [1.82, 2.24) is 0 Å². The Morgan fingerprint density at radius 2 is 0.833 bits per heavy atom. The first-order valence-corrected chi connectivity index (χ1v) is 0. The Morgan fingerprint density at radius 3 is 0.833 bits per heavy atom. The van der Waals surface area contributed by atoms with Crippen molar-refractivity contribution in [1.29, 1.82) is 0 Å². The quantitative estimate of drug-likeness (QED) is 0.401. The van der Waals surface area contributed by atoms with Gasteiger partial charge in [-0.3, -0.25) is 0 Å². The van der Waals surface area contributed by atoms with Crippen LogP contribution in [0.25, 0.3) is 0 Å². The van der Waals surface area contributed by atoms with Crippen molar-refractivity contribution in [2.45, 2.75) is 0 Å². The fourth-order valence-electron chi connectivity index (χ4n) is 0. The van der Waals surface area contributed by atoms with Gasteiger partial charge in [0.25, 0.3) is 0 Å². The van der Waals surface area contributed by atoms with Gasteiger partial charge in [0, 0.05) is 90.6 Å². The fourth-order valence-corrected chi connectivity index (χ4v) is 0. The van der Waals surface area contributed by atoms with E-state index >= 15 is 0 Å². The standard InChI is InChI=1S/Ge.Na.Nb.2H2O.W/h;;;2*1H2;. The van der Waals surface area contributed by atoms with Crippen LogP contribution >= 0.6 is 0 Å². The van der Waals surface area contributed by atoms with Gasteiger partial charge in [-0.1, -0.05) is 0 Å². The first-order valence-electron chi connectivity index (χ1n) is 0. The van der Waals surface area contributed by atoms with Gasteiger partial charge in [0.2, 0.25) is 0 Å². The Kier molecular flexibility index (Phi) is 495. The van der Waals surface area contributed by atoms with Gasteiger partial charge in [-0.05, 0) is 0 Å². The van der Waals surface area contributed by atoms with Gasteiger partial charge in [-0.2, -0.15) is 0 Å². The fraction of sp³-hybridized carbons (Fsp3) is 0. The molecule has 0 aliphatic heterocycles. The van der Waals surface area contributed by atoms with E-state index in [0.717, 1.165) is 0 Å². The van der Waals surface area contributed by atoms with E-state index in [-0.39, 0.29) is 102 Å². The summed E-state index contributed by atoms with van der Waals surface area (Å²) in [5.41, 5.74) is 0. The monoisotopic (exact) mass is 410 g/mol. The van der Waals surface area contributed by atoms with Crippen LogP contribution in [0.5, 0.6) is 0 Å². The third-order valence-electron chi connectivity index (χ3n) is 0. The average Bonchev–Trinajstić information content (AvgIpc) is 0. The minimum absolute atomic E-state index is 0. The molecule has 0 aromatic rings. The number of hydrogen-bond donors (Lipinski definition) is 0. The molecule has 0 heterocycles. The van der Waals surface area contributed by atoms with Gasteiger partial charge in [0.15, 0.2) is 0 Å². The Bertz CT molecular complexity index is 13.5. The molecule has 0 aliphatic carbocycles. The van der Waals surface area contributed by atoms with Crippen molar-refractivity contribution in [3.05, 3.63) is 0 Å². The maximum atomic E-state index is 0. The predicted octanol–water partition coefficient (Wildman–Crippen LogP) is -2.42. The van der Waals surface area contributed by atoms with Crippen molar-refractivity contribution in [3.63, 3.8) is 0 Å². The van der Waals surface area contributed by atoms with Crippen molar-refractivity contribution in [2.24, 2.45) is 0 Å². The summed E-state index contributed by atoms with van der Waals surface area (Å²) < 4.78 is 0. The Balaban J connectivity index is 0. The summed E-state index contributed by atoms with van der Waals surface area (Å²) in [5, 5.41) is 0. The first kappa shape index (κ1) is 66.2. The van der Waals surface area contributed by atoms with Crippen LogP contribution in [-0.4, -0.2) is 58.1 Å². The van der Waals surface area contributed by atoms with Crippen LogP contribution in [0.1, 0.15) is 0 Å². The van der Waals surface area contributed by atoms with Crippen LogP contribution in [0, 0.1) is 0 Å². The van der Waals surface area contributed by atoms with E-state index in [1.165, 1.54) is 0 Å². The largest absolute Gasteiger partial charge is 0.412 e. The summed E-state index contributed by atoms with van der Waals surface area (Å²) >= 11 is 0. The van der Waals surface area contributed by atoms with Gasteiger partial charge in [0.1, 0.15) is 0 Å². The molecule has 0 spiro atoms. The zero-order valence-electron chi connectivity index (χ0n) is 3.36. The second kappa shape index (κ2) is 44.8. The van der Waals surface area contributed by atoms with Crippen molar-refractivity contribution >= 4 is 47.2 Å². The van der Waals surface area contributed by atoms with Gasteiger partial charge in [-0.15, -0.1) is 0 Å². The molecule has 0 unspecified atom stereocenters. The van der Waals surface area contributed by atoms with E-state index in [1.807, 2.05) is 0 Å². The first-order chi connectivity index (χ1) is 0. The predicted molar refractivity (Wildman–Crippen MR) is 18.7 cm³/mol. The molecule has 32 valence electrons. The summed E-state index contributed by atoms with van der Waals surface area (Å²) in [6, 6.07) is 0. The number of hydrogen-bond acceptors (Lipinski definition) is 0. The van der Waals surface area contributed by atoms with Crippen LogP contribution in [0.15, 0.2) is 0 Å². The molecule has 0 atom stereocenters. The van der Waals surface area contributed by atoms with Crippen molar-refractivity contribution in [3.8, 4) is 0 Å². The Morgan fingerprint density at radius 1 is 0.833 bits per heavy atom. The molecular formula is H4GeNaNbO2W. The summed E-state index contributed by atoms with van der Waals surface area (Å²) in [5.74, 6) is 0. The normalized spacial score (nSPS) is 0. The van der Waals surface area contributed by atoms with E-state index in [0.29, 0.717) is 0 Å². The average molecular weight is 408 g/mol. The van der Waals surface area contributed by atoms with Crippen LogP contribution in [0.4, 0.5) is 0 Å². The Labute approximate surface area is 99.9 Å². The summed E-state index contributed by atoms with van der Waals surface area (Å²) in [7, 11) is 0. The van der Waals surface area contributed by atoms with Crippen LogP contribution < -0.4 is 0 Å². The van der Waals surface area contributed by atoms with Crippen molar-refractivity contribution < 1.29 is 54.4 Å². The molecule has 0 fully saturated rings. The van der Waals surface area contributed by atoms with Crippen LogP contribution in [0.2, 0.25) is 0 Å². The van der Waals surface area contributed by atoms with Crippen molar-refractivity contribution in [2.75, 3.05) is 0 Å². The zero-order chi connectivity index (χ0) is 0. The van der Waals surface area contributed by atoms with Gasteiger partial charge < -0.3 is 11.0 Å². The topological polar surface area (TPSA) is 63.0 Å².